The normalized spacial score (nSPS) is 19.0. The third-order valence-corrected chi connectivity index (χ3v) is 9.78. The fraction of sp³-hybridized carbons (Fsp3) is 0.150. The lowest BCUT2D eigenvalue weighted by molar-refractivity contribution is 0.756. The number of hydrogen-bond donors (Lipinski definition) is 4. The number of allylic oxidation sites excluding steroid dienone is 2. The summed E-state index contributed by atoms with van der Waals surface area (Å²) in [5.74, 6) is 0. The van der Waals surface area contributed by atoms with Gasteiger partial charge in [0.05, 0.1) is 12.1 Å². The lowest BCUT2D eigenvalue weighted by Crippen LogP contribution is -2.31. The van der Waals surface area contributed by atoms with Gasteiger partial charge in [-0.15, -0.1) is 0 Å². The molecule has 0 aliphatic carbocycles. The Labute approximate surface area is 278 Å². The van der Waals surface area contributed by atoms with Crippen molar-refractivity contribution in [3.63, 3.8) is 0 Å². The Bertz CT molecular complexity index is 2120. The molecule has 9 heterocycles. The van der Waals surface area contributed by atoms with Crippen molar-refractivity contribution < 1.29 is 0 Å². The number of fused-ring (bicyclic) bond motifs is 8. The molecule has 3 aliphatic heterocycles. The van der Waals surface area contributed by atoms with Gasteiger partial charge in [-0.3, -0.25) is 19.9 Å². The average Bonchev–Trinajstić information content (AvgIpc) is 3.98. The van der Waals surface area contributed by atoms with Gasteiger partial charge >= 0.3 is 0 Å². The van der Waals surface area contributed by atoms with Crippen LogP contribution < -0.4 is 21.3 Å². The Morgan fingerprint density at radius 3 is 1.19 bits per heavy atom. The first kappa shape index (κ1) is 28.2. The molecule has 6 aromatic heterocycles. The van der Waals surface area contributed by atoms with Gasteiger partial charge < -0.3 is 20.6 Å². The molecular weight excluding hydrogens is 592 g/mol. The summed E-state index contributed by atoms with van der Waals surface area (Å²) in [5, 5.41) is 10.2. The first-order chi connectivity index (χ1) is 23.8. The van der Waals surface area contributed by atoms with Crippen LogP contribution in [0.1, 0.15) is 59.3 Å². The molecule has 2 saturated heterocycles. The van der Waals surface area contributed by atoms with E-state index in [0.29, 0.717) is 0 Å². The topological polar surface area (TPSA) is 107 Å². The summed E-state index contributed by atoms with van der Waals surface area (Å²) in [6.07, 6.45) is 18.7. The summed E-state index contributed by atoms with van der Waals surface area (Å²) in [5.41, 5.74) is 14.0. The van der Waals surface area contributed by atoms with Crippen molar-refractivity contribution in [1.29, 1.82) is 0 Å². The molecule has 0 saturated carbocycles. The molecule has 0 radical (unpaired) electrons. The molecule has 0 spiro atoms. The monoisotopic (exact) mass is 626 g/mol. The van der Waals surface area contributed by atoms with Gasteiger partial charge in [0.2, 0.25) is 0 Å². The van der Waals surface area contributed by atoms with Crippen molar-refractivity contribution in [3.8, 4) is 0 Å². The molecule has 0 amide bonds. The van der Waals surface area contributed by atoms with Gasteiger partial charge in [-0.05, 0) is 121 Å². The minimum atomic E-state index is 0.0981. The summed E-state index contributed by atoms with van der Waals surface area (Å²) in [6.45, 7) is 0. The van der Waals surface area contributed by atoms with Crippen molar-refractivity contribution in [3.05, 3.63) is 178 Å². The number of nitrogens with zero attached hydrogens (tertiary/aromatic N) is 4. The summed E-state index contributed by atoms with van der Waals surface area (Å²) in [7, 11) is 0. The van der Waals surface area contributed by atoms with Gasteiger partial charge in [-0.2, -0.15) is 0 Å². The Morgan fingerprint density at radius 2 is 0.792 bits per heavy atom. The van der Waals surface area contributed by atoms with Gasteiger partial charge in [0, 0.05) is 105 Å². The van der Waals surface area contributed by atoms with E-state index in [9.17, 15) is 0 Å². The lowest BCUT2D eigenvalue weighted by Gasteiger charge is -2.19. The van der Waals surface area contributed by atoms with E-state index in [2.05, 4.69) is 113 Å². The smallest absolute Gasteiger partial charge is 0.0541 e. The van der Waals surface area contributed by atoms with Crippen LogP contribution in [0.2, 0.25) is 0 Å². The highest BCUT2D eigenvalue weighted by molar-refractivity contribution is 5.86. The highest BCUT2D eigenvalue weighted by Crippen LogP contribution is 2.37. The lowest BCUT2D eigenvalue weighted by atomic mass is 9.97. The molecule has 0 aromatic carbocycles. The molecular formula is C40H34N8. The zero-order valence-electron chi connectivity index (χ0n) is 26.3. The van der Waals surface area contributed by atoms with Crippen molar-refractivity contribution in [2.75, 3.05) is 0 Å². The molecule has 8 bridgehead atoms. The molecule has 48 heavy (non-hydrogen) atoms. The molecule has 2 fully saturated rings. The molecule has 9 rings (SSSR count). The second-order valence-corrected chi connectivity index (χ2v) is 12.5. The Morgan fingerprint density at radius 1 is 0.417 bits per heavy atom. The van der Waals surface area contributed by atoms with E-state index in [1.807, 2.05) is 49.6 Å². The van der Waals surface area contributed by atoms with Gasteiger partial charge in [0.25, 0.3) is 0 Å². The summed E-state index contributed by atoms with van der Waals surface area (Å²) < 4.78 is 0. The molecule has 3 aliphatic rings. The zero-order valence-corrected chi connectivity index (χ0v) is 26.3. The van der Waals surface area contributed by atoms with E-state index in [-0.39, 0.29) is 12.1 Å². The van der Waals surface area contributed by atoms with Gasteiger partial charge in [0.15, 0.2) is 0 Å². The molecule has 8 heteroatoms. The van der Waals surface area contributed by atoms with Crippen LogP contribution >= 0.6 is 0 Å². The third kappa shape index (κ3) is 5.02. The van der Waals surface area contributed by atoms with Gasteiger partial charge in [-0.25, -0.2) is 0 Å². The second kappa shape index (κ2) is 12.0. The first-order valence-corrected chi connectivity index (χ1v) is 16.5. The quantitative estimate of drug-likeness (QED) is 0.218. The van der Waals surface area contributed by atoms with Crippen LogP contribution in [0.4, 0.5) is 0 Å². The standard InChI is InChI=1S/C40H34N8/c1-2-30-38(26-11-19-42-20-12-26)32-5-6-34(47-32)40(28-15-23-44-24-16-28)36-8-7-35(48-36)39(27-13-21-43-22-14-27)33-4-3-31(46-33)37(29(1)45-30)25-9-17-41-18-10-25/h1-2,7-24,31-32,45-48H,3-6H2. The largest absolute Gasteiger partial charge is 0.381 e. The predicted octanol–water partition coefficient (Wildman–Crippen LogP) is 5.06. The average molecular weight is 627 g/mol. The maximum Gasteiger partial charge on any atom is 0.0541 e. The number of H-pyrrole nitrogens is 2. The molecule has 2 unspecified atom stereocenters. The number of aromatic nitrogens is 6. The van der Waals surface area contributed by atoms with Crippen LogP contribution in [-0.4, -0.2) is 42.0 Å². The molecule has 2 atom stereocenters. The van der Waals surface area contributed by atoms with E-state index in [0.717, 1.165) is 70.0 Å². The minimum Gasteiger partial charge on any atom is -0.381 e. The predicted molar refractivity (Wildman–Crippen MR) is 187 cm³/mol. The van der Waals surface area contributed by atoms with Crippen molar-refractivity contribution >= 4 is 22.3 Å². The van der Waals surface area contributed by atoms with Crippen LogP contribution in [0.5, 0.6) is 0 Å². The highest BCUT2D eigenvalue weighted by atomic mass is 15.0. The molecule has 234 valence electrons. The van der Waals surface area contributed by atoms with Crippen LogP contribution in [0.25, 0.3) is 22.3 Å². The Kier molecular flexibility index (Phi) is 7.04. The zero-order chi connectivity index (χ0) is 31.9. The maximum atomic E-state index is 4.34. The summed E-state index contributed by atoms with van der Waals surface area (Å²) in [4.78, 5) is 25.1. The second-order valence-electron chi connectivity index (χ2n) is 12.5. The van der Waals surface area contributed by atoms with E-state index >= 15 is 0 Å². The van der Waals surface area contributed by atoms with E-state index in [1.165, 1.54) is 33.7 Å². The molecule has 6 aromatic rings. The molecule has 8 nitrogen and oxygen atoms in total. The van der Waals surface area contributed by atoms with Crippen LogP contribution in [-0.2, 0) is 0 Å². The minimum absolute atomic E-state index is 0.0981. The van der Waals surface area contributed by atoms with Gasteiger partial charge in [-0.1, -0.05) is 0 Å². The van der Waals surface area contributed by atoms with Crippen LogP contribution in [0, 0.1) is 0 Å². The number of nitrogens with one attached hydrogen (secondary N) is 4. The third-order valence-electron chi connectivity index (χ3n) is 9.78. The number of hydrogen-bond acceptors (Lipinski definition) is 6. The highest BCUT2D eigenvalue weighted by Gasteiger charge is 2.30. The number of rotatable bonds is 4. The van der Waals surface area contributed by atoms with Crippen molar-refractivity contribution in [2.45, 2.75) is 37.8 Å². The molecule has 4 N–H and O–H groups in total. The summed E-state index contributed by atoms with van der Waals surface area (Å²) >= 11 is 0. The Balaban J connectivity index is 1.34. The van der Waals surface area contributed by atoms with E-state index in [4.69, 9.17) is 0 Å². The summed E-state index contributed by atoms with van der Waals surface area (Å²) in [6, 6.07) is 26.0. The van der Waals surface area contributed by atoms with Crippen LogP contribution in [0.3, 0.4) is 0 Å². The SMILES string of the molecule is c1cc(C2=C3CCC(N3)C(c3ccncc3)=c3ccc([nH]3)=C(c3ccncc3)C3CCC(=C(c4ccncc4)c4ccc2[nH]4)N3)ccn1. The Hall–Kier alpha value is -6.02. The fourth-order valence-electron chi connectivity index (χ4n) is 7.68. The van der Waals surface area contributed by atoms with E-state index < -0.39 is 0 Å². The van der Waals surface area contributed by atoms with Crippen LogP contribution in [0.15, 0.2) is 134 Å². The number of pyridine rings is 4. The maximum absolute atomic E-state index is 4.34. The van der Waals surface area contributed by atoms with Gasteiger partial charge in [0.1, 0.15) is 0 Å². The fourth-order valence-corrected chi connectivity index (χ4v) is 7.68. The van der Waals surface area contributed by atoms with Crippen molar-refractivity contribution in [2.24, 2.45) is 0 Å². The van der Waals surface area contributed by atoms with E-state index in [1.54, 1.807) is 0 Å². The van der Waals surface area contributed by atoms with Crippen molar-refractivity contribution in [1.82, 2.24) is 40.5 Å². The first-order valence-electron chi connectivity index (χ1n) is 16.5. The number of aromatic amines is 2.